The largest absolute Gasteiger partial charge is 1.00 e. The molecule has 0 N–H and O–H groups in total. The van der Waals surface area contributed by atoms with Crippen LogP contribution in [-0.4, -0.2) is 8.80 Å². The molecule has 2 aliphatic rings. The average molecular weight is 686 g/mol. The van der Waals surface area contributed by atoms with Crippen LogP contribution in [-0.2, 0) is 35.5 Å². The zero-order chi connectivity index (χ0) is 28.2. The summed E-state index contributed by atoms with van der Waals surface area (Å²) in [4.78, 5) is 0. The van der Waals surface area contributed by atoms with Crippen molar-refractivity contribution in [2.24, 2.45) is 0 Å². The minimum Gasteiger partial charge on any atom is -1.00 e. The molecule has 6 rings (SSSR count). The molecule has 0 amide bonds. The Balaban J connectivity index is 0.00000202. The standard InChI is InChI=1S/C38H39Si.2ClH.Zr/c1-37(2,3)33-23-15-22-29-30-25-34(38(4,5)6)36(35(26-16-13-14-17-26)32(30)24-31(29)33)39(27-18-9-7-10-19-27)28-20-11-8-12-21-28;;;/h7-16,18-25,39H,17H2,1-6H3;2*1H;/q;;;+2/p-2. The van der Waals surface area contributed by atoms with Gasteiger partial charge in [-0.25, -0.2) is 0 Å². The Labute approximate surface area is 282 Å². The summed E-state index contributed by atoms with van der Waals surface area (Å²) in [6, 6.07) is 32.5. The van der Waals surface area contributed by atoms with Crippen LogP contribution in [0.4, 0.5) is 0 Å². The summed E-state index contributed by atoms with van der Waals surface area (Å²) in [6.45, 7) is 14.4. The van der Waals surface area contributed by atoms with Crippen LogP contribution in [0, 0.1) is 0 Å². The van der Waals surface area contributed by atoms with Crippen LogP contribution in [0.2, 0.25) is 0 Å². The Hall–Kier alpha value is -1.96. The number of hydrogen-bond donors (Lipinski definition) is 0. The molecule has 0 saturated heterocycles. The van der Waals surface area contributed by atoms with E-state index in [0.29, 0.717) is 3.63 Å². The first-order valence-electron chi connectivity index (χ1n) is 14.6. The molecule has 213 valence electrons. The van der Waals surface area contributed by atoms with Gasteiger partial charge in [-0.2, -0.15) is 0 Å². The predicted molar refractivity (Wildman–Crippen MR) is 172 cm³/mol. The monoisotopic (exact) mass is 683 g/mol. The topological polar surface area (TPSA) is 0 Å². The summed E-state index contributed by atoms with van der Waals surface area (Å²) in [7, 11) is -1.81. The molecule has 2 aliphatic carbocycles. The zero-order valence-electron chi connectivity index (χ0n) is 25.4. The van der Waals surface area contributed by atoms with E-state index in [0.717, 1.165) is 6.42 Å². The second kappa shape index (κ2) is 12.6. The third-order valence-corrected chi connectivity index (χ3v) is 13.3. The Morgan fingerprint density at radius 3 is 1.74 bits per heavy atom. The van der Waals surface area contributed by atoms with E-state index >= 15 is 0 Å². The quantitative estimate of drug-likeness (QED) is 0.226. The third-order valence-electron chi connectivity index (χ3n) is 8.64. The summed E-state index contributed by atoms with van der Waals surface area (Å²) in [6.07, 6.45) is 8.04. The smallest absolute Gasteiger partial charge is 1.00 e. The number of hydrogen-bond acceptors (Lipinski definition) is 0. The van der Waals surface area contributed by atoms with Crippen molar-refractivity contribution < 1.29 is 49.5 Å². The van der Waals surface area contributed by atoms with Gasteiger partial charge in [0.05, 0.1) is 0 Å². The van der Waals surface area contributed by atoms with E-state index in [-0.39, 0.29) is 35.6 Å². The van der Waals surface area contributed by atoms with Gasteiger partial charge >= 0.3 is 259 Å². The van der Waals surface area contributed by atoms with Crippen LogP contribution in [0.15, 0.2) is 103 Å². The summed E-state index contributed by atoms with van der Waals surface area (Å²) in [5.74, 6) is 0. The van der Waals surface area contributed by atoms with Crippen molar-refractivity contribution >= 4 is 29.9 Å². The molecule has 42 heavy (non-hydrogen) atoms. The first-order valence-corrected chi connectivity index (χ1v) is 17.7. The molecule has 4 heteroatoms. The maximum absolute atomic E-state index is 2.62. The van der Waals surface area contributed by atoms with Crippen molar-refractivity contribution in [1.82, 2.24) is 0 Å². The zero-order valence-corrected chi connectivity index (χ0v) is 30.6. The van der Waals surface area contributed by atoms with E-state index in [1.807, 2.05) is 0 Å². The van der Waals surface area contributed by atoms with Crippen LogP contribution in [0.1, 0.15) is 79.4 Å². The molecule has 0 radical (unpaired) electrons. The van der Waals surface area contributed by atoms with Gasteiger partial charge in [0.2, 0.25) is 0 Å². The molecule has 0 aromatic heterocycles. The van der Waals surface area contributed by atoms with Crippen molar-refractivity contribution in [1.29, 1.82) is 0 Å². The number of fused-ring (bicyclic) bond motifs is 3. The van der Waals surface area contributed by atoms with Crippen molar-refractivity contribution in [3.8, 4) is 11.1 Å². The molecule has 1 atom stereocenters. The van der Waals surface area contributed by atoms with Gasteiger partial charge in [-0.1, -0.05) is 0 Å². The number of allylic oxidation sites excluding steroid dienone is 4. The fourth-order valence-corrected chi connectivity index (χ4v) is 12.1. The summed E-state index contributed by atoms with van der Waals surface area (Å²) in [5.41, 5.74) is 12.3. The molecule has 4 aromatic rings. The molecule has 0 fully saturated rings. The van der Waals surface area contributed by atoms with Crippen molar-refractivity contribution in [3.63, 3.8) is 0 Å². The van der Waals surface area contributed by atoms with Gasteiger partial charge in [-0.3, -0.25) is 0 Å². The van der Waals surface area contributed by atoms with Crippen LogP contribution >= 0.6 is 0 Å². The molecule has 0 saturated carbocycles. The van der Waals surface area contributed by atoms with E-state index in [2.05, 4.69) is 145 Å². The van der Waals surface area contributed by atoms with Crippen LogP contribution in [0.3, 0.4) is 0 Å². The molecule has 0 spiro atoms. The number of halogens is 2. The van der Waals surface area contributed by atoms with E-state index < -0.39 is 8.80 Å². The van der Waals surface area contributed by atoms with Crippen LogP contribution in [0.5, 0.6) is 0 Å². The van der Waals surface area contributed by atoms with Gasteiger partial charge in [0.1, 0.15) is 0 Å². The first-order chi connectivity index (χ1) is 19.1. The maximum atomic E-state index is 2.62. The van der Waals surface area contributed by atoms with Gasteiger partial charge in [-0.05, 0) is 0 Å². The molecule has 0 nitrogen and oxygen atoms in total. The van der Waals surface area contributed by atoms with Gasteiger partial charge in [0.25, 0.3) is 0 Å². The summed E-state index contributed by atoms with van der Waals surface area (Å²) in [5, 5.41) is 4.63. The minimum absolute atomic E-state index is 0. The first kappa shape index (κ1) is 32.9. The molecule has 4 aromatic carbocycles. The van der Waals surface area contributed by atoms with Crippen molar-refractivity contribution in [2.75, 3.05) is 0 Å². The molecule has 0 aliphatic heterocycles. The van der Waals surface area contributed by atoms with Crippen molar-refractivity contribution in [3.05, 3.63) is 131 Å². The van der Waals surface area contributed by atoms with E-state index in [1.54, 1.807) is 46.6 Å². The van der Waals surface area contributed by atoms with E-state index in [1.165, 1.54) is 38.2 Å². The number of rotatable bonds is 4. The second-order valence-corrected chi connectivity index (χ2v) is 17.6. The molecule has 0 heterocycles. The van der Waals surface area contributed by atoms with Crippen LogP contribution in [0.25, 0.3) is 16.7 Å². The van der Waals surface area contributed by atoms with E-state index in [4.69, 9.17) is 0 Å². The molecular formula is C38H39Cl2SiZr. The average Bonchev–Trinajstić information content (AvgIpc) is 3.56. The summed E-state index contributed by atoms with van der Waals surface area (Å²) >= 11 is 1.58. The van der Waals surface area contributed by atoms with Crippen LogP contribution < -0.4 is 40.4 Å². The van der Waals surface area contributed by atoms with Crippen molar-refractivity contribution in [2.45, 2.75) is 62.4 Å². The number of benzene rings is 4. The normalized spacial score (nSPS) is 15.5. The minimum atomic E-state index is -1.81. The molecule has 0 bridgehead atoms. The van der Waals surface area contributed by atoms with Gasteiger partial charge in [0, 0.05) is 0 Å². The van der Waals surface area contributed by atoms with Gasteiger partial charge in [-0.15, -0.1) is 0 Å². The fourth-order valence-electron chi connectivity index (χ4n) is 6.86. The second-order valence-electron chi connectivity index (χ2n) is 13.5. The summed E-state index contributed by atoms with van der Waals surface area (Å²) < 4.78 is 0.443. The maximum Gasteiger partial charge on any atom is -1.00 e. The third kappa shape index (κ3) is 5.78. The molecule has 1 unspecified atom stereocenters. The Kier molecular flexibility index (Phi) is 9.86. The Morgan fingerprint density at radius 1 is 0.667 bits per heavy atom. The fraction of sp³-hybridized carbons (Fsp3) is 0.263. The predicted octanol–water partition coefficient (Wildman–Crippen LogP) is 1.50. The SMILES string of the molecule is CC(C)(C)c1cccc2c1[CH]([Zr+2])c1c-2cc(C(C)(C)C)c([SiH](c2ccccc2)c2ccccc2)c1C1=CC=CC1.[Cl-].[Cl-]. The van der Waals surface area contributed by atoms with Gasteiger partial charge in [0.15, 0.2) is 0 Å². The Morgan fingerprint density at radius 2 is 1.24 bits per heavy atom. The van der Waals surface area contributed by atoms with E-state index in [9.17, 15) is 0 Å². The van der Waals surface area contributed by atoms with Gasteiger partial charge < -0.3 is 24.8 Å². The Bertz CT molecular complexity index is 1600. The molecular weight excluding hydrogens is 647 g/mol.